The molecule has 0 amide bonds. The molecule has 0 spiro atoms. The van der Waals surface area contributed by atoms with E-state index in [-0.39, 0.29) is 0 Å². The first kappa shape index (κ1) is 19.0. The van der Waals surface area contributed by atoms with Gasteiger partial charge >= 0.3 is 14.5 Å². The number of rotatable bonds is 0. The number of aryl methyl sites for hydroxylation is 2. The van der Waals surface area contributed by atoms with E-state index >= 15 is 0 Å². The highest BCUT2D eigenvalue weighted by molar-refractivity contribution is 6.50. The number of halogens is 8. The van der Waals surface area contributed by atoms with Crippen LogP contribution in [-0.2, 0) is 14.1 Å². The highest BCUT2D eigenvalue weighted by Crippen LogP contribution is 2.07. The van der Waals surface area contributed by atoms with Crippen molar-refractivity contribution in [2.24, 2.45) is 14.1 Å². The van der Waals surface area contributed by atoms with E-state index < -0.39 is 14.5 Å². The molecule has 1 rings (SSSR count). The lowest BCUT2D eigenvalue weighted by Crippen LogP contribution is -2.36. The minimum atomic E-state index is -6.00. The van der Waals surface area contributed by atoms with Gasteiger partial charge in [-0.3, -0.25) is 0 Å². The summed E-state index contributed by atoms with van der Waals surface area (Å²) in [5.74, 6) is 0. The zero-order valence-electron chi connectivity index (χ0n) is 9.38. The van der Waals surface area contributed by atoms with Gasteiger partial charge in [0.1, 0.15) is 14.1 Å². The van der Waals surface area contributed by atoms with Crippen molar-refractivity contribution in [1.29, 1.82) is 0 Å². The molecule has 0 atom stereocenters. The number of hydrogen-bond acceptors (Lipinski definition) is 0. The Kier molecular flexibility index (Phi) is 8.31. The van der Waals surface area contributed by atoms with Crippen LogP contribution in [0.3, 0.4) is 0 Å². The van der Waals surface area contributed by atoms with E-state index in [9.17, 15) is 34.5 Å². The molecule has 0 unspecified atom stereocenters. The Morgan fingerprint density at radius 2 is 0.667 bits per heavy atom. The molecular weight excluding hydrogens is 274 g/mol. The van der Waals surface area contributed by atoms with Gasteiger partial charge in [-0.15, -0.1) is 0 Å². The highest BCUT2D eigenvalue weighted by atomic mass is 19.5. The lowest BCUT2D eigenvalue weighted by Gasteiger charge is -1.94. The van der Waals surface area contributed by atoms with Crippen molar-refractivity contribution in [2.75, 3.05) is 0 Å². The van der Waals surface area contributed by atoms with E-state index in [4.69, 9.17) is 0 Å². The molecule has 12 heteroatoms. The topological polar surface area (TPSA) is 7.76 Å². The third kappa shape index (κ3) is 36.5. The van der Waals surface area contributed by atoms with E-state index in [1.807, 2.05) is 48.0 Å². The largest absolute Gasteiger partial charge is 0.673 e. The Balaban J connectivity index is 0. The van der Waals surface area contributed by atoms with Gasteiger partial charge in [-0.2, -0.15) is 9.13 Å². The molecule has 0 aliphatic rings. The van der Waals surface area contributed by atoms with Crippen molar-refractivity contribution in [2.45, 2.75) is 0 Å². The third-order valence-electron chi connectivity index (χ3n) is 1.07. The van der Waals surface area contributed by atoms with Crippen LogP contribution in [-0.4, -0.2) is 14.5 Å². The predicted octanol–water partition coefficient (Wildman–Crippen LogP) is 1.94. The first-order chi connectivity index (χ1) is 7.79. The summed E-state index contributed by atoms with van der Waals surface area (Å²) >= 11 is 0. The molecule has 0 N–H and O–H groups in total. The first-order valence-electron chi connectivity index (χ1n) is 4.34. The van der Waals surface area contributed by atoms with Crippen LogP contribution in [0, 0.1) is 0 Å². The Morgan fingerprint density at radius 3 is 0.778 bits per heavy atom. The molecule has 106 valence electrons. The van der Waals surface area contributed by atoms with Crippen molar-refractivity contribution in [3.05, 3.63) is 24.8 Å². The van der Waals surface area contributed by atoms with Crippen molar-refractivity contribution in [3.63, 3.8) is 0 Å². The van der Waals surface area contributed by atoms with Crippen LogP contribution in [0.15, 0.2) is 24.8 Å². The average Bonchev–Trinajstić information content (AvgIpc) is 2.04. The zero-order valence-corrected chi connectivity index (χ0v) is 9.38. The summed E-state index contributed by atoms with van der Waals surface area (Å²) in [5.41, 5.74) is 0. The summed E-state index contributed by atoms with van der Waals surface area (Å²) in [6.07, 6.45) is 8.00. The maximum Gasteiger partial charge on any atom is 0.673 e. The summed E-state index contributed by atoms with van der Waals surface area (Å²) in [7, 11) is -8.00. The molecule has 0 fully saturated rings. The second kappa shape index (κ2) is 7.88. The minimum absolute atomic E-state index is 2.00. The Morgan fingerprint density at radius 1 is 0.556 bits per heavy atom. The standard InChI is InChI=1S/C6H10N2.2BF4/c1-7-3-5-8(2)6-4-7;2*2-1(3,4)5/h3-6H,1-2H3;;/q+2;2*-1. The highest BCUT2D eigenvalue weighted by Gasteiger charge is 2.21. The molecule has 1 aromatic rings. The number of hydrogen-bond donors (Lipinski definition) is 0. The van der Waals surface area contributed by atoms with Crippen LogP contribution in [0.5, 0.6) is 0 Å². The van der Waals surface area contributed by atoms with Crippen LogP contribution in [0.1, 0.15) is 0 Å². The quantitative estimate of drug-likeness (QED) is 0.391. The molecule has 1 aromatic heterocycles. The fourth-order valence-corrected chi connectivity index (χ4v) is 0.520. The van der Waals surface area contributed by atoms with Gasteiger partial charge in [-0.05, 0) is 0 Å². The van der Waals surface area contributed by atoms with E-state index in [1.165, 1.54) is 0 Å². The van der Waals surface area contributed by atoms with Crippen LogP contribution in [0.4, 0.5) is 34.5 Å². The molecular formula is C6H10B2F8N2. The molecule has 1 heterocycles. The van der Waals surface area contributed by atoms with E-state index in [2.05, 4.69) is 0 Å². The molecule has 0 aliphatic heterocycles. The SMILES string of the molecule is C[n+]1cc[n+](C)cc1.F[B-](F)(F)F.F[B-](F)(F)F. The number of nitrogens with zero attached hydrogens (tertiary/aromatic N) is 2. The summed E-state index contributed by atoms with van der Waals surface area (Å²) in [5, 5.41) is 0. The normalized spacial score (nSPS) is 10.8. The second-order valence-electron chi connectivity index (χ2n) is 2.92. The van der Waals surface area contributed by atoms with Gasteiger partial charge in [0.2, 0.25) is 24.8 Å². The van der Waals surface area contributed by atoms with Gasteiger partial charge in [-0.25, -0.2) is 0 Å². The van der Waals surface area contributed by atoms with Crippen LogP contribution >= 0.6 is 0 Å². The van der Waals surface area contributed by atoms with E-state index in [0.717, 1.165) is 0 Å². The molecule has 0 saturated carbocycles. The maximum absolute atomic E-state index is 9.75. The fraction of sp³-hybridized carbons (Fsp3) is 0.333. The first-order valence-corrected chi connectivity index (χ1v) is 4.34. The fourth-order valence-electron chi connectivity index (χ4n) is 0.520. The molecule has 0 aromatic carbocycles. The predicted molar refractivity (Wildman–Crippen MR) is 49.2 cm³/mol. The van der Waals surface area contributed by atoms with E-state index in [0.29, 0.717) is 0 Å². The summed E-state index contributed by atoms with van der Waals surface area (Å²) in [6.45, 7) is 0. The van der Waals surface area contributed by atoms with Crippen molar-refractivity contribution < 1.29 is 43.7 Å². The molecule has 0 bridgehead atoms. The monoisotopic (exact) mass is 284 g/mol. The van der Waals surface area contributed by atoms with Gasteiger partial charge in [-0.1, -0.05) is 0 Å². The van der Waals surface area contributed by atoms with Gasteiger partial charge in [0.05, 0.1) is 0 Å². The van der Waals surface area contributed by atoms with Gasteiger partial charge in [0.15, 0.2) is 0 Å². The van der Waals surface area contributed by atoms with Crippen molar-refractivity contribution in [3.8, 4) is 0 Å². The van der Waals surface area contributed by atoms with Crippen molar-refractivity contribution >= 4 is 14.5 Å². The summed E-state index contributed by atoms with van der Waals surface area (Å²) < 4.78 is 82.0. The minimum Gasteiger partial charge on any atom is -0.418 e. The van der Waals surface area contributed by atoms with Gasteiger partial charge in [0.25, 0.3) is 0 Å². The third-order valence-corrected chi connectivity index (χ3v) is 1.07. The Hall–Kier alpha value is -1.35. The summed E-state index contributed by atoms with van der Waals surface area (Å²) in [6, 6.07) is 0. The maximum atomic E-state index is 9.75. The zero-order chi connectivity index (χ0) is 15.0. The summed E-state index contributed by atoms with van der Waals surface area (Å²) in [4.78, 5) is 0. The van der Waals surface area contributed by atoms with Crippen LogP contribution in [0.25, 0.3) is 0 Å². The van der Waals surface area contributed by atoms with E-state index in [1.54, 1.807) is 0 Å². The van der Waals surface area contributed by atoms with Gasteiger partial charge in [0, 0.05) is 0 Å². The second-order valence-corrected chi connectivity index (χ2v) is 2.92. The molecule has 18 heavy (non-hydrogen) atoms. The van der Waals surface area contributed by atoms with Gasteiger partial charge < -0.3 is 34.5 Å². The van der Waals surface area contributed by atoms with Crippen molar-refractivity contribution in [1.82, 2.24) is 0 Å². The average molecular weight is 284 g/mol. The molecule has 0 aliphatic carbocycles. The number of aromatic nitrogens is 2. The Labute approximate surface area is 98.1 Å². The molecule has 2 nitrogen and oxygen atoms in total. The van der Waals surface area contributed by atoms with Crippen LogP contribution in [0.2, 0.25) is 0 Å². The lowest BCUT2D eigenvalue weighted by atomic mass is 10.3. The smallest absolute Gasteiger partial charge is 0.418 e. The lowest BCUT2D eigenvalue weighted by molar-refractivity contribution is -0.727. The molecule has 0 saturated heterocycles. The molecule has 0 radical (unpaired) electrons. The Bertz CT molecular complexity index is 277. The van der Waals surface area contributed by atoms with Crippen LogP contribution < -0.4 is 9.13 Å².